The van der Waals surface area contributed by atoms with Crippen LogP contribution in [0.2, 0.25) is 0 Å². The average molecular weight is 178 g/mol. The number of hydrogen-bond acceptors (Lipinski definition) is 1. The summed E-state index contributed by atoms with van der Waals surface area (Å²) < 4.78 is 0. The van der Waals surface area contributed by atoms with Crippen LogP contribution in [-0.2, 0) is 0 Å². The van der Waals surface area contributed by atoms with Crippen LogP contribution < -0.4 is 0 Å². The molecule has 68 valence electrons. The van der Waals surface area contributed by atoms with E-state index in [4.69, 9.17) is 0 Å². The van der Waals surface area contributed by atoms with E-state index in [0.29, 0.717) is 0 Å². The second-order valence-electron chi connectivity index (χ2n) is 3.61. The van der Waals surface area contributed by atoms with Crippen molar-refractivity contribution in [2.75, 3.05) is 14.1 Å². The summed E-state index contributed by atoms with van der Waals surface area (Å²) in [5.41, 5.74) is 0. The van der Waals surface area contributed by atoms with Gasteiger partial charge in [0.25, 0.3) is 0 Å². The lowest BCUT2D eigenvalue weighted by Gasteiger charge is -2.21. The second-order valence-corrected chi connectivity index (χ2v) is 3.61. The van der Waals surface area contributed by atoms with E-state index < -0.39 is 0 Å². The molecule has 0 amide bonds. The SMILES string of the molecule is CN(C)C1CCCCCC1.Cl. The maximum Gasteiger partial charge on any atom is 0.00891 e. The number of nitrogens with zero attached hydrogens (tertiary/aromatic N) is 1. The lowest BCUT2D eigenvalue weighted by Crippen LogP contribution is -2.26. The quantitative estimate of drug-likeness (QED) is 0.557. The first-order valence-electron chi connectivity index (χ1n) is 4.47. The van der Waals surface area contributed by atoms with Gasteiger partial charge >= 0.3 is 0 Å². The Balaban J connectivity index is 0.000001000. The van der Waals surface area contributed by atoms with Crippen LogP contribution in [0.15, 0.2) is 0 Å². The van der Waals surface area contributed by atoms with E-state index in [9.17, 15) is 0 Å². The van der Waals surface area contributed by atoms with Crippen LogP contribution in [0.5, 0.6) is 0 Å². The van der Waals surface area contributed by atoms with Gasteiger partial charge in [0.2, 0.25) is 0 Å². The van der Waals surface area contributed by atoms with Crippen LogP contribution >= 0.6 is 12.4 Å². The van der Waals surface area contributed by atoms with Crippen molar-refractivity contribution in [3.8, 4) is 0 Å². The van der Waals surface area contributed by atoms with Crippen molar-refractivity contribution in [2.24, 2.45) is 0 Å². The predicted octanol–water partition coefficient (Wildman–Crippen LogP) is 2.69. The van der Waals surface area contributed by atoms with E-state index in [1.54, 1.807) is 0 Å². The molecule has 2 heteroatoms. The molecule has 0 unspecified atom stereocenters. The van der Waals surface area contributed by atoms with Gasteiger partial charge in [0.05, 0.1) is 0 Å². The fraction of sp³-hybridized carbons (Fsp3) is 1.00. The Bertz CT molecular complexity index is 85.6. The molecule has 0 spiro atoms. The highest BCUT2D eigenvalue weighted by Crippen LogP contribution is 2.19. The van der Waals surface area contributed by atoms with Gasteiger partial charge in [-0.15, -0.1) is 12.4 Å². The minimum Gasteiger partial charge on any atom is -0.306 e. The second kappa shape index (κ2) is 5.84. The lowest BCUT2D eigenvalue weighted by molar-refractivity contribution is 0.267. The van der Waals surface area contributed by atoms with Crippen molar-refractivity contribution >= 4 is 12.4 Å². The molecule has 0 aromatic rings. The molecule has 1 aliphatic carbocycles. The molecule has 1 saturated carbocycles. The van der Waals surface area contributed by atoms with Crippen molar-refractivity contribution in [1.29, 1.82) is 0 Å². The Morgan fingerprint density at radius 2 is 1.36 bits per heavy atom. The fourth-order valence-corrected chi connectivity index (χ4v) is 1.77. The van der Waals surface area contributed by atoms with Gasteiger partial charge in [-0.05, 0) is 26.9 Å². The van der Waals surface area contributed by atoms with Crippen LogP contribution in [0.3, 0.4) is 0 Å². The summed E-state index contributed by atoms with van der Waals surface area (Å²) in [5, 5.41) is 0. The minimum absolute atomic E-state index is 0. The standard InChI is InChI=1S/C9H19N.ClH/c1-10(2)9-7-5-3-4-6-8-9;/h9H,3-8H2,1-2H3;1H. The van der Waals surface area contributed by atoms with Gasteiger partial charge in [0, 0.05) is 6.04 Å². The number of rotatable bonds is 1. The summed E-state index contributed by atoms with van der Waals surface area (Å²) in [5.74, 6) is 0. The molecule has 0 heterocycles. The van der Waals surface area contributed by atoms with Crippen LogP contribution in [-0.4, -0.2) is 25.0 Å². The molecule has 0 N–H and O–H groups in total. The molecule has 1 rings (SSSR count). The average Bonchev–Trinajstić information content (AvgIpc) is 2.12. The van der Waals surface area contributed by atoms with Crippen LogP contribution in [0.4, 0.5) is 0 Å². The van der Waals surface area contributed by atoms with E-state index in [0.717, 1.165) is 6.04 Å². The Hall–Kier alpha value is 0.250. The third-order valence-corrected chi connectivity index (χ3v) is 2.55. The Labute approximate surface area is 76.6 Å². The Morgan fingerprint density at radius 1 is 0.909 bits per heavy atom. The molecule has 1 aliphatic rings. The molecule has 0 atom stereocenters. The third kappa shape index (κ3) is 3.97. The molecule has 0 aromatic heterocycles. The minimum atomic E-state index is 0. The summed E-state index contributed by atoms with van der Waals surface area (Å²) in [6.07, 6.45) is 8.67. The number of hydrogen-bond donors (Lipinski definition) is 0. The fourth-order valence-electron chi connectivity index (χ4n) is 1.77. The zero-order valence-corrected chi connectivity index (χ0v) is 8.49. The van der Waals surface area contributed by atoms with Crippen molar-refractivity contribution in [3.05, 3.63) is 0 Å². The van der Waals surface area contributed by atoms with Crippen LogP contribution in [0.25, 0.3) is 0 Å². The highest BCUT2D eigenvalue weighted by molar-refractivity contribution is 5.85. The molecule has 0 radical (unpaired) electrons. The molecular formula is C9H20ClN. The highest BCUT2D eigenvalue weighted by atomic mass is 35.5. The summed E-state index contributed by atoms with van der Waals surface area (Å²) in [7, 11) is 4.41. The van der Waals surface area contributed by atoms with E-state index in [1.807, 2.05) is 0 Å². The van der Waals surface area contributed by atoms with Crippen molar-refractivity contribution in [1.82, 2.24) is 4.90 Å². The molecule has 11 heavy (non-hydrogen) atoms. The summed E-state index contributed by atoms with van der Waals surface area (Å²) in [6.45, 7) is 0. The highest BCUT2D eigenvalue weighted by Gasteiger charge is 2.12. The van der Waals surface area contributed by atoms with Crippen molar-refractivity contribution in [3.63, 3.8) is 0 Å². The molecule has 1 nitrogen and oxygen atoms in total. The monoisotopic (exact) mass is 177 g/mol. The topological polar surface area (TPSA) is 3.24 Å². The van der Waals surface area contributed by atoms with Crippen molar-refractivity contribution < 1.29 is 0 Å². The molecule has 0 saturated heterocycles. The smallest absolute Gasteiger partial charge is 0.00891 e. The lowest BCUT2D eigenvalue weighted by atomic mass is 10.1. The predicted molar refractivity (Wildman–Crippen MR) is 52.4 cm³/mol. The maximum absolute atomic E-state index is 2.38. The van der Waals surface area contributed by atoms with Gasteiger partial charge in [-0.25, -0.2) is 0 Å². The molecule has 0 aromatic carbocycles. The normalized spacial score (nSPS) is 21.0. The van der Waals surface area contributed by atoms with E-state index in [-0.39, 0.29) is 12.4 Å². The van der Waals surface area contributed by atoms with Gasteiger partial charge < -0.3 is 4.90 Å². The van der Waals surface area contributed by atoms with Gasteiger partial charge in [0.1, 0.15) is 0 Å². The van der Waals surface area contributed by atoms with E-state index in [1.165, 1.54) is 38.5 Å². The molecule has 1 fully saturated rings. The van der Waals surface area contributed by atoms with Crippen LogP contribution in [0, 0.1) is 0 Å². The summed E-state index contributed by atoms with van der Waals surface area (Å²) in [4.78, 5) is 2.38. The van der Waals surface area contributed by atoms with Gasteiger partial charge in [-0.2, -0.15) is 0 Å². The van der Waals surface area contributed by atoms with Gasteiger partial charge in [0.15, 0.2) is 0 Å². The molecular weight excluding hydrogens is 158 g/mol. The third-order valence-electron chi connectivity index (χ3n) is 2.55. The molecule has 0 bridgehead atoms. The first kappa shape index (κ1) is 11.2. The van der Waals surface area contributed by atoms with Gasteiger partial charge in [-0.1, -0.05) is 25.7 Å². The van der Waals surface area contributed by atoms with Gasteiger partial charge in [-0.3, -0.25) is 0 Å². The van der Waals surface area contributed by atoms with Crippen molar-refractivity contribution in [2.45, 2.75) is 44.6 Å². The first-order valence-corrected chi connectivity index (χ1v) is 4.47. The summed E-state index contributed by atoms with van der Waals surface area (Å²) >= 11 is 0. The first-order chi connectivity index (χ1) is 4.80. The van der Waals surface area contributed by atoms with Crippen LogP contribution in [0.1, 0.15) is 38.5 Å². The van der Waals surface area contributed by atoms with E-state index in [2.05, 4.69) is 19.0 Å². The Kier molecular flexibility index (Phi) is 5.98. The largest absolute Gasteiger partial charge is 0.306 e. The summed E-state index contributed by atoms with van der Waals surface area (Å²) in [6, 6.07) is 0.877. The zero-order valence-electron chi connectivity index (χ0n) is 7.68. The maximum atomic E-state index is 2.38. The Morgan fingerprint density at radius 3 is 1.73 bits per heavy atom. The van der Waals surface area contributed by atoms with E-state index >= 15 is 0 Å². The zero-order chi connectivity index (χ0) is 7.40. The molecule has 0 aliphatic heterocycles. The number of halogens is 1.